The Labute approximate surface area is 101 Å². The maximum absolute atomic E-state index is 11.4. The lowest BCUT2D eigenvalue weighted by atomic mass is 10.3. The number of carbonyl (C=O) groups excluding carboxylic acids is 2. The smallest absolute Gasteiger partial charge is 0.409 e. The summed E-state index contributed by atoms with van der Waals surface area (Å²) in [6.45, 7) is 3.19. The number of carbonyl (C=O) groups is 2. The minimum atomic E-state index is -0.560. The molecule has 94 valence electrons. The number of likely N-dealkylation sites (N-methyl/N-ethyl adjacent to an activating group) is 1. The summed E-state index contributed by atoms with van der Waals surface area (Å²) >= 11 is 5.21. The van der Waals surface area contributed by atoms with Crippen molar-refractivity contribution in [1.82, 2.24) is 9.80 Å². The Morgan fingerprint density at radius 2 is 1.81 bits per heavy atom. The first kappa shape index (κ1) is 15.0. The predicted octanol–water partition coefficient (Wildman–Crippen LogP) is 2.15. The molecule has 2 amide bonds. The third-order valence-corrected chi connectivity index (χ3v) is 2.40. The van der Waals surface area contributed by atoms with Crippen molar-refractivity contribution >= 4 is 23.1 Å². The maximum atomic E-state index is 11.4. The number of hydrogen-bond donors (Lipinski definition) is 0. The molecule has 16 heavy (non-hydrogen) atoms. The van der Waals surface area contributed by atoms with Crippen molar-refractivity contribution in [2.45, 2.75) is 19.8 Å². The standard InChI is InChI=1S/C10H19ClN2O3/c1-4-5-6-13(3)10(15)16-8-7-12(2)9(11)14/h4-8H2,1-3H3. The normalized spacial score (nSPS) is 9.75. The topological polar surface area (TPSA) is 49.9 Å². The third kappa shape index (κ3) is 6.50. The number of nitrogens with zero attached hydrogens (tertiary/aromatic N) is 2. The van der Waals surface area contributed by atoms with Crippen molar-refractivity contribution in [3.63, 3.8) is 0 Å². The molecule has 0 N–H and O–H groups in total. The van der Waals surface area contributed by atoms with E-state index in [2.05, 4.69) is 6.92 Å². The van der Waals surface area contributed by atoms with E-state index in [-0.39, 0.29) is 12.7 Å². The third-order valence-electron chi connectivity index (χ3n) is 2.11. The molecular weight excluding hydrogens is 232 g/mol. The van der Waals surface area contributed by atoms with Crippen LogP contribution in [0.1, 0.15) is 19.8 Å². The molecule has 6 heteroatoms. The first-order valence-electron chi connectivity index (χ1n) is 5.27. The highest BCUT2D eigenvalue weighted by molar-refractivity contribution is 6.62. The molecule has 0 rings (SSSR count). The maximum Gasteiger partial charge on any atom is 0.409 e. The molecule has 0 spiro atoms. The highest BCUT2D eigenvalue weighted by Crippen LogP contribution is 1.96. The Morgan fingerprint density at radius 1 is 1.19 bits per heavy atom. The van der Waals surface area contributed by atoms with Crippen molar-refractivity contribution in [2.24, 2.45) is 0 Å². The van der Waals surface area contributed by atoms with Crippen LogP contribution in [0.3, 0.4) is 0 Å². The molecule has 0 saturated heterocycles. The Kier molecular flexibility index (Phi) is 7.72. The van der Waals surface area contributed by atoms with Gasteiger partial charge < -0.3 is 14.5 Å². The van der Waals surface area contributed by atoms with E-state index in [4.69, 9.17) is 16.3 Å². The van der Waals surface area contributed by atoms with Gasteiger partial charge in [-0.15, -0.1) is 0 Å². The van der Waals surface area contributed by atoms with Crippen LogP contribution in [0.25, 0.3) is 0 Å². The molecule has 0 unspecified atom stereocenters. The van der Waals surface area contributed by atoms with Crippen molar-refractivity contribution < 1.29 is 14.3 Å². The second-order valence-corrected chi connectivity index (χ2v) is 3.89. The van der Waals surface area contributed by atoms with E-state index in [9.17, 15) is 9.59 Å². The summed E-state index contributed by atoms with van der Waals surface area (Å²) in [5.41, 5.74) is 0. The summed E-state index contributed by atoms with van der Waals surface area (Å²) < 4.78 is 4.96. The van der Waals surface area contributed by atoms with Gasteiger partial charge in [0.15, 0.2) is 0 Å². The van der Waals surface area contributed by atoms with E-state index in [1.165, 1.54) is 9.80 Å². The van der Waals surface area contributed by atoms with Crippen LogP contribution in [0.15, 0.2) is 0 Å². The molecular formula is C10H19ClN2O3. The van der Waals surface area contributed by atoms with E-state index < -0.39 is 5.37 Å². The molecule has 0 fully saturated rings. The molecule has 0 heterocycles. The fourth-order valence-electron chi connectivity index (χ4n) is 0.955. The van der Waals surface area contributed by atoms with Crippen LogP contribution in [0.2, 0.25) is 0 Å². The quantitative estimate of drug-likeness (QED) is 0.536. The molecule has 0 saturated carbocycles. The lowest BCUT2D eigenvalue weighted by Crippen LogP contribution is -2.32. The largest absolute Gasteiger partial charge is 0.448 e. The number of hydrogen-bond acceptors (Lipinski definition) is 3. The summed E-state index contributed by atoms with van der Waals surface area (Å²) in [5.74, 6) is 0. The Hall–Kier alpha value is -0.970. The van der Waals surface area contributed by atoms with Crippen molar-refractivity contribution in [1.29, 1.82) is 0 Å². The first-order valence-corrected chi connectivity index (χ1v) is 5.65. The number of amides is 2. The van der Waals surface area contributed by atoms with E-state index in [1.54, 1.807) is 14.1 Å². The highest BCUT2D eigenvalue weighted by atomic mass is 35.5. The van der Waals surface area contributed by atoms with E-state index in [1.807, 2.05) is 0 Å². The van der Waals surface area contributed by atoms with Gasteiger partial charge in [-0.3, -0.25) is 4.79 Å². The molecule has 5 nitrogen and oxygen atoms in total. The highest BCUT2D eigenvalue weighted by Gasteiger charge is 2.10. The van der Waals surface area contributed by atoms with Gasteiger partial charge in [0.05, 0.1) is 6.54 Å². The molecule has 0 bridgehead atoms. The molecule has 0 atom stereocenters. The van der Waals surface area contributed by atoms with Crippen molar-refractivity contribution in [2.75, 3.05) is 33.8 Å². The molecule has 0 aromatic carbocycles. The zero-order chi connectivity index (χ0) is 12.6. The lowest BCUT2D eigenvalue weighted by molar-refractivity contribution is 0.104. The average Bonchev–Trinajstić information content (AvgIpc) is 2.25. The van der Waals surface area contributed by atoms with Gasteiger partial charge >= 0.3 is 11.5 Å². The number of ether oxygens (including phenoxy) is 1. The number of unbranched alkanes of at least 4 members (excludes halogenated alkanes) is 1. The Bertz CT molecular complexity index is 236. The molecule has 0 aromatic rings. The molecule has 0 aliphatic rings. The molecule has 0 radical (unpaired) electrons. The molecule has 0 aromatic heterocycles. The van der Waals surface area contributed by atoms with Gasteiger partial charge in [0.25, 0.3) is 0 Å². The van der Waals surface area contributed by atoms with E-state index in [0.717, 1.165) is 12.8 Å². The number of rotatable bonds is 6. The Morgan fingerprint density at radius 3 is 2.31 bits per heavy atom. The molecule has 0 aliphatic heterocycles. The minimum Gasteiger partial charge on any atom is -0.448 e. The van der Waals surface area contributed by atoms with E-state index in [0.29, 0.717) is 13.1 Å². The zero-order valence-electron chi connectivity index (χ0n) is 10.0. The summed E-state index contributed by atoms with van der Waals surface area (Å²) in [4.78, 5) is 24.8. The second kappa shape index (κ2) is 8.21. The minimum absolute atomic E-state index is 0.157. The zero-order valence-corrected chi connectivity index (χ0v) is 10.8. The van der Waals surface area contributed by atoms with Crippen LogP contribution in [-0.2, 0) is 4.74 Å². The summed E-state index contributed by atoms with van der Waals surface area (Å²) in [6, 6.07) is 0. The van der Waals surface area contributed by atoms with Gasteiger partial charge in [-0.25, -0.2) is 4.79 Å². The fraction of sp³-hybridized carbons (Fsp3) is 0.800. The predicted molar refractivity (Wildman–Crippen MR) is 62.8 cm³/mol. The average molecular weight is 251 g/mol. The fourth-order valence-corrected chi connectivity index (χ4v) is 1.04. The van der Waals surface area contributed by atoms with Gasteiger partial charge in [-0.05, 0) is 18.0 Å². The van der Waals surface area contributed by atoms with Crippen LogP contribution >= 0.6 is 11.6 Å². The van der Waals surface area contributed by atoms with Crippen LogP contribution < -0.4 is 0 Å². The first-order chi connectivity index (χ1) is 7.49. The lowest BCUT2D eigenvalue weighted by Gasteiger charge is -2.18. The summed E-state index contributed by atoms with van der Waals surface area (Å²) in [7, 11) is 3.23. The second-order valence-electron chi connectivity index (χ2n) is 3.56. The van der Waals surface area contributed by atoms with Crippen LogP contribution in [0, 0.1) is 0 Å². The van der Waals surface area contributed by atoms with Crippen LogP contribution in [-0.4, -0.2) is 55.1 Å². The molecule has 0 aliphatic carbocycles. The van der Waals surface area contributed by atoms with E-state index >= 15 is 0 Å². The van der Waals surface area contributed by atoms with Crippen molar-refractivity contribution in [3.8, 4) is 0 Å². The van der Waals surface area contributed by atoms with Crippen LogP contribution in [0.5, 0.6) is 0 Å². The van der Waals surface area contributed by atoms with Crippen molar-refractivity contribution in [3.05, 3.63) is 0 Å². The van der Waals surface area contributed by atoms with Gasteiger partial charge in [0.2, 0.25) is 0 Å². The van der Waals surface area contributed by atoms with Gasteiger partial charge in [-0.1, -0.05) is 13.3 Å². The monoisotopic (exact) mass is 250 g/mol. The summed E-state index contributed by atoms with van der Waals surface area (Å²) in [6.07, 6.45) is 1.61. The SMILES string of the molecule is CCCCN(C)C(=O)OCCN(C)C(=O)Cl. The van der Waals surface area contributed by atoms with Gasteiger partial charge in [0.1, 0.15) is 6.61 Å². The van der Waals surface area contributed by atoms with Crippen LogP contribution in [0.4, 0.5) is 9.59 Å². The summed E-state index contributed by atoms with van der Waals surface area (Å²) in [5, 5.41) is -0.560. The number of halogens is 1. The van der Waals surface area contributed by atoms with Gasteiger partial charge in [-0.2, -0.15) is 0 Å². The van der Waals surface area contributed by atoms with Gasteiger partial charge in [0, 0.05) is 20.6 Å². The Balaban J connectivity index is 3.68.